The van der Waals surface area contributed by atoms with Crippen LogP contribution in [0.4, 0.5) is 0 Å². The zero-order valence-corrected chi connectivity index (χ0v) is 19.0. The van der Waals surface area contributed by atoms with Gasteiger partial charge < -0.3 is 20.3 Å². The first-order chi connectivity index (χ1) is 14.7. The number of hydrogen-bond donors (Lipinski definition) is 2. The number of hydrogen-bond acceptors (Lipinski definition) is 3. The van der Waals surface area contributed by atoms with E-state index in [9.17, 15) is 14.7 Å². The zero-order chi connectivity index (χ0) is 23.1. The molecule has 2 aromatic rings. The predicted molar refractivity (Wildman–Crippen MR) is 122 cm³/mol. The van der Waals surface area contributed by atoms with E-state index >= 15 is 0 Å². The Hall–Kier alpha value is -3.02. The number of amides is 1. The van der Waals surface area contributed by atoms with E-state index in [0.717, 1.165) is 24.0 Å². The van der Waals surface area contributed by atoms with Crippen LogP contribution in [-0.4, -0.2) is 29.1 Å². The first-order valence-electron chi connectivity index (χ1n) is 10.9. The zero-order valence-electron chi connectivity index (χ0n) is 19.0. The maximum Gasteiger partial charge on any atom is 0.349 e. The molecule has 6 heteroatoms. The topological polar surface area (TPSA) is 98.5 Å². The van der Waals surface area contributed by atoms with E-state index in [2.05, 4.69) is 19.2 Å². The summed E-state index contributed by atoms with van der Waals surface area (Å²) >= 11 is 0. The predicted octanol–water partition coefficient (Wildman–Crippen LogP) is 4.72. The van der Waals surface area contributed by atoms with E-state index in [1.165, 1.54) is 7.05 Å². The van der Waals surface area contributed by atoms with E-state index < -0.39 is 12.1 Å². The fourth-order valence-electron chi connectivity index (χ4n) is 3.62. The molecule has 0 spiro atoms. The third kappa shape index (κ3) is 5.57. The highest BCUT2D eigenvalue weighted by molar-refractivity contribution is 5.97. The third-order valence-electron chi connectivity index (χ3n) is 5.31. The van der Waals surface area contributed by atoms with Gasteiger partial charge in [0.05, 0.1) is 5.56 Å². The molecule has 1 amide bonds. The number of carboxylic acid groups (broad SMARTS) is 1. The average Bonchev–Trinajstić information content (AvgIpc) is 2.74. The summed E-state index contributed by atoms with van der Waals surface area (Å²) in [5.74, 6) is -0.569. The lowest BCUT2D eigenvalue weighted by atomic mass is 9.95. The Morgan fingerprint density at radius 3 is 2.13 bits per heavy atom. The molecule has 168 valence electrons. The second kappa shape index (κ2) is 10.8. The van der Waals surface area contributed by atoms with Crippen LogP contribution >= 0.6 is 0 Å². The Morgan fingerprint density at radius 2 is 1.65 bits per heavy atom. The summed E-state index contributed by atoms with van der Waals surface area (Å²) in [5, 5.41) is 21.1. The number of nitrogens with one attached hydrogen (secondary N) is 1. The van der Waals surface area contributed by atoms with Gasteiger partial charge in [-0.15, -0.1) is 0 Å². The van der Waals surface area contributed by atoms with Gasteiger partial charge in [-0.25, -0.2) is 4.79 Å². The van der Waals surface area contributed by atoms with Crippen molar-refractivity contribution < 1.29 is 24.5 Å². The van der Waals surface area contributed by atoms with E-state index in [0.29, 0.717) is 35.6 Å². The molecule has 1 unspecified atom stereocenters. The van der Waals surface area contributed by atoms with Gasteiger partial charge in [0.15, 0.2) is 0 Å². The largest absolute Gasteiger partial charge is 0.592 e. The number of carboxylic acids is 1. The van der Waals surface area contributed by atoms with Crippen LogP contribution < -0.4 is 10.1 Å². The van der Waals surface area contributed by atoms with Crippen LogP contribution in [0, 0.1) is 0 Å². The first kappa shape index (κ1) is 24.3. The quantitative estimate of drug-likeness (QED) is 0.535. The van der Waals surface area contributed by atoms with Crippen molar-refractivity contribution in [1.82, 2.24) is 5.32 Å². The highest BCUT2D eigenvalue weighted by Gasteiger charge is 2.29. The van der Waals surface area contributed by atoms with Crippen molar-refractivity contribution in [3.63, 3.8) is 0 Å². The van der Waals surface area contributed by atoms with Crippen molar-refractivity contribution >= 4 is 11.9 Å². The van der Waals surface area contributed by atoms with Gasteiger partial charge in [-0.05, 0) is 36.0 Å². The molecule has 0 fully saturated rings. The SMILES string of the molecule is CCCc1cc(C(=O)NC)c([OH2+])c(CCC)c1OC(C(=O)O)c1ccc(C(C)C)cc1. The standard InChI is InChI=1S/C25H33NO5/c1-6-8-18-14-20(24(28)26-5)21(27)19(9-7-2)22(18)31-23(25(29)30)17-12-10-16(11-13-17)15(3)4/h10-15,23,27H,6-9H2,1-5H3,(H,26,28)(H,29,30)/p+1. The molecule has 2 rings (SSSR count). The van der Waals surface area contributed by atoms with Gasteiger partial charge in [-0.1, -0.05) is 64.8 Å². The molecule has 6 nitrogen and oxygen atoms in total. The molecule has 0 bridgehead atoms. The Morgan fingerprint density at radius 1 is 1.06 bits per heavy atom. The van der Waals surface area contributed by atoms with Crippen LogP contribution in [0.2, 0.25) is 0 Å². The summed E-state index contributed by atoms with van der Waals surface area (Å²) in [5.41, 5.74) is 3.29. The maximum atomic E-state index is 12.3. The summed E-state index contributed by atoms with van der Waals surface area (Å²) in [4.78, 5) is 24.5. The van der Waals surface area contributed by atoms with Crippen LogP contribution in [0.5, 0.6) is 11.5 Å². The van der Waals surface area contributed by atoms with E-state index in [1.54, 1.807) is 18.2 Å². The van der Waals surface area contributed by atoms with Crippen LogP contribution in [0.15, 0.2) is 30.3 Å². The first-order valence-corrected chi connectivity index (χ1v) is 10.9. The fraction of sp³-hybridized carbons (Fsp3) is 0.440. The highest BCUT2D eigenvalue weighted by atomic mass is 16.5. The summed E-state index contributed by atoms with van der Waals surface area (Å²) in [6, 6.07) is 9.08. The fourth-order valence-corrected chi connectivity index (χ4v) is 3.62. The molecule has 0 saturated heterocycles. The van der Waals surface area contributed by atoms with Crippen molar-refractivity contribution in [3.05, 3.63) is 58.1 Å². The molecule has 0 aliphatic rings. The van der Waals surface area contributed by atoms with Gasteiger partial charge in [-0.2, -0.15) is 0 Å². The van der Waals surface area contributed by atoms with Crippen molar-refractivity contribution in [2.24, 2.45) is 0 Å². The van der Waals surface area contributed by atoms with Gasteiger partial charge in [0.2, 0.25) is 6.10 Å². The third-order valence-corrected chi connectivity index (χ3v) is 5.31. The Kier molecular flexibility index (Phi) is 8.48. The monoisotopic (exact) mass is 428 g/mol. The second-order valence-corrected chi connectivity index (χ2v) is 8.00. The summed E-state index contributed by atoms with van der Waals surface area (Å²) < 4.78 is 6.13. The smallest absolute Gasteiger partial charge is 0.349 e. The summed E-state index contributed by atoms with van der Waals surface area (Å²) in [6.07, 6.45) is 1.49. The molecule has 0 heterocycles. The van der Waals surface area contributed by atoms with E-state index in [4.69, 9.17) is 9.84 Å². The van der Waals surface area contributed by atoms with Gasteiger partial charge >= 0.3 is 5.97 Å². The molecule has 0 saturated carbocycles. The molecule has 0 aliphatic carbocycles. The van der Waals surface area contributed by atoms with Crippen LogP contribution in [0.1, 0.15) is 85.2 Å². The molecule has 0 radical (unpaired) electrons. The Labute approximate surface area is 184 Å². The molecule has 4 N–H and O–H groups in total. The molecule has 31 heavy (non-hydrogen) atoms. The average molecular weight is 429 g/mol. The molecular formula is C25H34NO5+. The van der Waals surface area contributed by atoms with Gasteiger partial charge in [-0.3, -0.25) is 4.79 Å². The number of aryl methyl sites for hydroxylation is 1. The number of carbonyl (C=O) groups is 2. The highest BCUT2D eigenvalue weighted by Crippen LogP contribution is 2.39. The molecule has 0 aromatic heterocycles. The summed E-state index contributed by atoms with van der Waals surface area (Å²) in [6.45, 7) is 8.15. The second-order valence-electron chi connectivity index (χ2n) is 8.00. The lowest BCUT2D eigenvalue weighted by molar-refractivity contribution is -0.145. The van der Waals surface area contributed by atoms with Crippen LogP contribution in [0.25, 0.3) is 0 Å². The number of carbonyl (C=O) groups excluding carboxylic acids is 1. The Balaban J connectivity index is 2.60. The normalized spacial score (nSPS) is 11.9. The number of rotatable bonds is 10. The molecule has 2 aromatic carbocycles. The maximum absolute atomic E-state index is 12.3. The van der Waals surface area contributed by atoms with Crippen molar-refractivity contribution in [2.45, 2.75) is 65.4 Å². The van der Waals surface area contributed by atoms with Gasteiger partial charge in [0.1, 0.15) is 11.3 Å². The minimum absolute atomic E-state index is 0.0929. The molecule has 0 aliphatic heterocycles. The van der Waals surface area contributed by atoms with Gasteiger partial charge in [0, 0.05) is 12.6 Å². The lowest BCUT2D eigenvalue weighted by Gasteiger charge is -2.22. The lowest BCUT2D eigenvalue weighted by Crippen LogP contribution is -2.22. The van der Waals surface area contributed by atoms with Gasteiger partial charge in [0.25, 0.3) is 11.7 Å². The van der Waals surface area contributed by atoms with E-state index in [-0.39, 0.29) is 17.2 Å². The van der Waals surface area contributed by atoms with Crippen molar-refractivity contribution in [1.29, 1.82) is 0 Å². The van der Waals surface area contributed by atoms with Crippen LogP contribution in [-0.2, 0) is 17.6 Å². The number of benzene rings is 2. The Bertz CT molecular complexity index is 918. The minimum atomic E-state index is -1.20. The van der Waals surface area contributed by atoms with Crippen LogP contribution in [0.3, 0.4) is 0 Å². The summed E-state index contributed by atoms with van der Waals surface area (Å²) in [7, 11) is 1.53. The van der Waals surface area contributed by atoms with E-state index in [1.807, 2.05) is 26.0 Å². The number of ether oxygens (including phenoxy) is 1. The van der Waals surface area contributed by atoms with Crippen molar-refractivity contribution in [2.75, 3.05) is 7.05 Å². The number of aliphatic carboxylic acids is 1. The van der Waals surface area contributed by atoms with Crippen molar-refractivity contribution in [3.8, 4) is 11.5 Å². The minimum Gasteiger partial charge on any atom is -0.592 e. The molecule has 1 atom stereocenters. The molecular weight excluding hydrogens is 394 g/mol.